The van der Waals surface area contributed by atoms with Crippen LogP contribution in [0.3, 0.4) is 0 Å². The molecule has 3 aromatic carbocycles. The van der Waals surface area contributed by atoms with Crippen molar-refractivity contribution in [3.63, 3.8) is 0 Å². The summed E-state index contributed by atoms with van der Waals surface area (Å²) in [6.45, 7) is 0. The fraction of sp³-hybridized carbons (Fsp3) is 0.111. The van der Waals surface area contributed by atoms with Gasteiger partial charge in [0.1, 0.15) is 28.5 Å². The summed E-state index contributed by atoms with van der Waals surface area (Å²) in [6.07, 6.45) is 2.32. The Hall–Kier alpha value is -4.99. The van der Waals surface area contributed by atoms with Crippen LogP contribution in [0.1, 0.15) is 23.2 Å². The zero-order valence-electron chi connectivity index (χ0n) is 19.3. The van der Waals surface area contributed by atoms with E-state index in [-0.39, 0.29) is 11.3 Å². The van der Waals surface area contributed by atoms with Gasteiger partial charge in [0.15, 0.2) is 0 Å². The number of primary amides is 1. The number of benzene rings is 3. The standard InChI is InChI=1S/C27H21FN4O5/c28-15-1-3-16(4-2-15)31-25(35)27(10-11-27)26(36)32-17-5-7-18(8-6-17)37-23-9-12-30-21-14-22(33)20(24(29)34)13-19(21)23/h1-9,12-14,33H,10-11H2,(H2,29,34)(H,31,35)(H,32,36). The number of aromatic hydroxyl groups is 1. The second-order valence-corrected chi connectivity index (χ2v) is 8.68. The van der Waals surface area contributed by atoms with Gasteiger partial charge in [-0.3, -0.25) is 19.4 Å². The van der Waals surface area contributed by atoms with Crippen molar-refractivity contribution < 1.29 is 28.6 Å². The molecule has 1 aromatic heterocycles. The maximum Gasteiger partial charge on any atom is 0.252 e. The van der Waals surface area contributed by atoms with Gasteiger partial charge in [0, 0.05) is 29.0 Å². The maximum absolute atomic E-state index is 13.1. The molecule has 5 rings (SSSR count). The van der Waals surface area contributed by atoms with Crippen molar-refractivity contribution in [1.29, 1.82) is 0 Å². The van der Waals surface area contributed by atoms with E-state index >= 15 is 0 Å². The number of phenols is 1. The number of nitrogens with one attached hydrogen (secondary N) is 2. The maximum atomic E-state index is 13.1. The lowest BCUT2D eigenvalue weighted by atomic mass is 10.0. The highest BCUT2D eigenvalue weighted by Gasteiger charge is 2.56. The zero-order chi connectivity index (χ0) is 26.2. The summed E-state index contributed by atoms with van der Waals surface area (Å²) in [6, 6.07) is 16.2. The number of hydrogen-bond donors (Lipinski definition) is 4. The van der Waals surface area contributed by atoms with Crippen LogP contribution in [-0.4, -0.2) is 27.8 Å². The number of carbonyl (C=O) groups excluding carboxylic acids is 3. The van der Waals surface area contributed by atoms with Gasteiger partial charge >= 0.3 is 0 Å². The normalized spacial score (nSPS) is 13.5. The van der Waals surface area contributed by atoms with Crippen molar-refractivity contribution in [2.75, 3.05) is 10.6 Å². The van der Waals surface area contributed by atoms with E-state index in [9.17, 15) is 23.9 Å². The molecule has 4 aromatic rings. The minimum atomic E-state index is -1.18. The summed E-state index contributed by atoms with van der Waals surface area (Å²) >= 11 is 0. The number of halogens is 1. The first-order valence-corrected chi connectivity index (χ1v) is 11.3. The fourth-order valence-corrected chi connectivity index (χ4v) is 3.89. The summed E-state index contributed by atoms with van der Waals surface area (Å²) in [5.74, 6) is -1.52. The lowest BCUT2D eigenvalue weighted by Crippen LogP contribution is -2.35. The Kier molecular flexibility index (Phi) is 5.92. The van der Waals surface area contributed by atoms with Crippen LogP contribution in [0.2, 0.25) is 0 Å². The Balaban J connectivity index is 1.28. The Labute approximate surface area is 210 Å². The van der Waals surface area contributed by atoms with Crippen LogP contribution in [0.5, 0.6) is 17.2 Å². The number of fused-ring (bicyclic) bond motifs is 1. The van der Waals surface area contributed by atoms with Crippen LogP contribution in [0.25, 0.3) is 10.9 Å². The highest BCUT2D eigenvalue weighted by molar-refractivity contribution is 6.16. The molecule has 0 aliphatic heterocycles. The SMILES string of the molecule is NC(=O)c1cc2c(Oc3ccc(NC(=O)C4(C(=O)Nc5ccc(F)cc5)CC4)cc3)ccnc2cc1O. The quantitative estimate of drug-likeness (QED) is 0.278. The number of amides is 3. The summed E-state index contributed by atoms with van der Waals surface area (Å²) in [4.78, 5) is 41.4. The smallest absolute Gasteiger partial charge is 0.252 e. The van der Waals surface area contributed by atoms with Crippen LogP contribution < -0.4 is 21.1 Å². The summed E-state index contributed by atoms with van der Waals surface area (Å²) < 4.78 is 19.0. The summed E-state index contributed by atoms with van der Waals surface area (Å²) in [5.41, 5.74) is 5.39. The molecule has 0 radical (unpaired) electrons. The second-order valence-electron chi connectivity index (χ2n) is 8.68. The molecule has 3 amide bonds. The average Bonchev–Trinajstić information content (AvgIpc) is 3.69. The Morgan fingerprint density at radius 3 is 2.08 bits per heavy atom. The highest BCUT2D eigenvalue weighted by Crippen LogP contribution is 2.47. The molecule has 1 aliphatic rings. The number of nitrogens with two attached hydrogens (primary N) is 1. The van der Waals surface area contributed by atoms with E-state index in [1.165, 1.54) is 42.6 Å². The van der Waals surface area contributed by atoms with Crippen molar-refractivity contribution >= 4 is 40.0 Å². The van der Waals surface area contributed by atoms with Crippen molar-refractivity contribution in [2.24, 2.45) is 11.1 Å². The first kappa shape index (κ1) is 23.7. The van der Waals surface area contributed by atoms with Gasteiger partial charge in [0.05, 0.1) is 11.1 Å². The van der Waals surface area contributed by atoms with E-state index in [1.54, 1.807) is 30.3 Å². The molecule has 186 valence electrons. The third kappa shape index (κ3) is 4.76. The molecule has 0 atom stereocenters. The van der Waals surface area contributed by atoms with Crippen molar-refractivity contribution in [1.82, 2.24) is 4.98 Å². The van der Waals surface area contributed by atoms with Gasteiger partial charge in [0.25, 0.3) is 5.91 Å². The first-order chi connectivity index (χ1) is 17.7. The number of anilines is 2. The molecule has 0 unspecified atom stereocenters. The minimum absolute atomic E-state index is 0.0547. The van der Waals surface area contributed by atoms with Crippen LogP contribution in [0.4, 0.5) is 15.8 Å². The Morgan fingerprint density at radius 2 is 1.51 bits per heavy atom. The molecule has 1 aliphatic carbocycles. The van der Waals surface area contributed by atoms with Crippen LogP contribution in [0.15, 0.2) is 72.9 Å². The van der Waals surface area contributed by atoms with E-state index < -0.39 is 29.0 Å². The van der Waals surface area contributed by atoms with Crippen molar-refractivity contribution in [2.45, 2.75) is 12.8 Å². The van der Waals surface area contributed by atoms with E-state index in [4.69, 9.17) is 10.5 Å². The zero-order valence-corrected chi connectivity index (χ0v) is 19.3. The number of rotatable bonds is 7. The molecule has 9 nitrogen and oxygen atoms in total. The number of carbonyl (C=O) groups is 3. The number of aromatic nitrogens is 1. The van der Waals surface area contributed by atoms with Gasteiger partial charge in [-0.15, -0.1) is 0 Å². The van der Waals surface area contributed by atoms with Gasteiger partial charge < -0.3 is 26.2 Å². The fourth-order valence-electron chi connectivity index (χ4n) is 3.89. The molecule has 10 heteroatoms. The molecule has 0 spiro atoms. The van der Waals surface area contributed by atoms with Gasteiger partial charge in [-0.25, -0.2) is 4.39 Å². The molecular formula is C27H21FN4O5. The number of pyridine rings is 1. The average molecular weight is 500 g/mol. The van der Waals surface area contributed by atoms with Crippen molar-refractivity contribution in [3.05, 3.63) is 84.3 Å². The van der Waals surface area contributed by atoms with Crippen molar-refractivity contribution in [3.8, 4) is 17.2 Å². The summed E-state index contributed by atoms with van der Waals surface area (Å²) in [5, 5.41) is 15.9. The molecule has 1 saturated carbocycles. The van der Waals surface area contributed by atoms with E-state index in [0.29, 0.717) is 46.6 Å². The largest absolute Gasteiger partial charge is 0.507 e. The molecule has 5 N–H and O–H groups in total. The molecule has 1 fully saturated rings. The number of ether oxygens (including phenoxy) is 1. The third-order valence-electron chi connectivity index (χ3n) is 6.15. The summed E-state index contributed by atoms with van der Waals surface area (Å²) in [7, 11) is 0. The predicted octanol–water partition coefficient (Wildman–Crippen LogP) is 4.33. The minimum Gasteiger partial charge on any atom is -0.507 e. The Morgan fingerprint density at radius 1 is 0.919 bits per heavy atom. The van der Waals surface area contributed by atoms with Crippen LogP contribution in [0, 0.1) is 11.2 Å². The Bertz CT molecular complexity index is 1530. The lowest BCUT2D eigenvalue weighted by Gasteiger charge is -2.16. The highest BCUT2D eigenvalue weighted by atomic mass is 19.1. The van der Waals surface area contributed by atoms with Gasteiger partial charge in [0.2, 0.25) is 11.8 Å². The van der Waals surface area contributed by atoms with E-state index in [0.717, 1.165) is 0 Å². The monoisotopic (exact) mass is 500 g/mol. The number of nitrogens with zero attached hydrogens (tertiary/aromatic N) is 1. The van der Waals surface area contributed by atoms with Gasteiger partial charge in [-0.2, -0.15) is 0 Å². The van der Waals surface area contributed by atoms with E-state index in [1.807, 2.05) is 0 Å². The third-order valence-corrected chi connectivity index (χ3v) is 6.15. The molecule has 37 heavy (non-hydrogen) atoms. The first-order valence-electron chi connectivity index (χ1n) is 11.3. The molecular weight excluding hydrogens is 479 g/mol. The second kappa shape index (κ2) is 9.23. The molecule has 0 bridgehead atoms. The van der Waals surface area contributed by atoms with Gasteiger partial charge in [-0.1, -0.05) is 0 Å². The lowest BCUT2D eigenvalue weighted by molar-refractivity contribution is -0.131. The van der Waals surface area contributed by atoms with E-state index in [2.05, 4.69) is 15.6 Å². The number of hydrogen-bond acceptors (Lipinski definition) is 6. The topological polar surface area (TPSA) is 144 Å². The predicted molar refractivity (Wildman–Crippen MR) is 134 cm³/mol. The van der Waals surface area contributed by atoms with Gasteiger partial charge in [-0.05, 0) is 73.5 Å². The molecule has 0 saturated heterocycles. The van der Waals surface area contributed by atoms with Crippen LogP contribution >= 0.6 is 0 Å². The van der Waals surface area contributed by atoms with Crippen LogP contribution in [-0.2, 0) is 9.59 Å². The molecule has 1 heterocycles.